The van der Waals surface area contributed by atoms with E-state index in [-0.39, 0.29) is 5.75 Å². The van der Waals surface area contributed by atoms with Crippen molar-refractivity contribution in [1.82, 2.24) is 0 Å². The van der Waals surface area contributed by atoms with Crippen molar-refractivity contribution in [2.45, 2.75) is 33.6 Å². The summed E-state index contributed by atoms with van der Waals surface area (Å²) in [6, 6.07) is 4.18. The summed E-state index contributed by atoms with van der Waals surface area (Å²) in [5.74, 6) is -0.107. The molecule has 0 saturated carbocycles. The Kier molecular flexibility index (Phi) is 4.76. The van der Waals surface area contributed by atoms with Crippen molar-refractivity contribution >= 4 is 10.0 Å². The molecule has 0 amide bonds. The van der Waals surface area contributed by atoms with E-state index in [2.05, 4.69) is 21.6 Å². The molecule has 0 fully saturated rings. The number of aryl methyl sites for hydroxylation is 3. The van der Waals surface area contributed by atoms with Gasteiger partial charge in [-0.2, -0.15) is 0 Å². The van der Waals surface area contributed by atoms with E-state index < -0.39 is 10.0 Å². The van der Waals surface area contributed by atoms with Gasteiger partial charge in [0.1, 0.15) is 0 Å². The quantitative estimate of drug-likeness (QED) is 0.466. The van der Waals surface area contributed by atoms with Crippen molar-refractivity contribution in [2.24, 2.45) is 4.52 Å². The molecule has 0 N–H and O–H groups in total. The molecule has 1 rings (SSSR count). The van der Waals surface area contributed by atoms with Crippen molar-refractivity contribution in [3.05, 3.63) is 44.8 Å². The van der Waals surface area contributed by atoms with Crippen LogP contribution >= 0.6 is 0 Å². The number of azide groups is 1. The molecule has 0 spiro atoms. The largest absolute Gasteiger partial charge is 0.235 e. The highest BCUT2D eigenvalue weighted by Crippen LogP contribution is 2.18. The molecule has 1 aromatic rings. The van der Waals surface area contributed by atoms with E-state index in [0.717, 1.165) is 0 Å². The van der Waals surface area contributed by atoms with Gasteiger partial charge in [0.25, 0.3) is 0 Å². The Labute approximate surface area is 108 Å². The monoisotopic (exact) mass is 267 g/mol. The molecule has 0 heterocycles. The van der Waals surface area contributed by atoms with E-state index in [4.69, 9.17) is 5.53 Å². The Balaban J connectivity index is 2.74. The molecule has 0 radical (unpaired) electrons. The lowest BCUT2D eigenvalue weighted by atomic mass is 9.96. The van der Waals surface area contributed by atoms with Gasteiger partial charge in [0.2, 0.25) is 10.0 Å². The molecule has 1 aromatic carbocycles. The summed E-state index contributed by atoms with van der Waals surface area (Å²) < 4.78 is 25.2. The maximum atomic E-state index is 11.2. The van der Waals surface area contributed by atoms with Crippen LogP contribution in [0.5, 0.6) is 0 Å². The van der Waals surface area contributed by atoms with Gasteiger partial charge < -0.3 is 0 Å². The summed E-state index contributed by atoms with van der Waals surface area (Å²) in [5.41, 5.74) is 12.8. The van der Waals surface area contributed by atoms with Crippen LogP contribution in [0.15, 0.2) is 16.7 Å². The van der Waals surface area contributed by atoms with E-state index in [1.54, 1.807) is 0 Å². The molecule has 0 saturated heterocycles. The molecule has 0 aromatic heterocycles. The molecule has 0 aliphatic heterocycles. The third-order valence-corrected chi connectivity index (χ3v) is 3.96. The fourth-order valence-electron chi connectivity index (χ4n) is 2.13. The van der Waals surface area contributed by atoms with Crippen molar-refractivity contribution in [2.75, 3.05) is 5.75 Å². The normalized spacial score (nSPS) is 11.1. The lowest BCUT2D eigenvalue weighted by Gasteiger charge is -2.10. The second kappa shape index (κ2) is 5.89. The predicted molar refractivity (Wildman–Crippen MR) is 71.9 cm³/mol. The van der Waals surface area contributed by atoms with Crippen LogP contribution in [0.3, 0.4) is 0 Å². The maximum absolute atomic E-state index is 11.2. The first-order valence-electron chi connectivity index (χ1n) is 5.71. The average molecular weight is 267 g/mol. The molecular formula is C12H17N3O2S. The Morgan fingerprint density at radius 3 is 2.28 bits per heavy atom. The number of hydrogen-bond acceptors (Lipinski definition) is 2. The van der Waals surface area contributed by atoms with Crippen LogP contribution in [0.2, 0.25) is 0 Å². The average Bonchev–Trinajstić information content (AvgIpc) is 2.21. The summed E-state index contributed by atoms with van der Waals surface area (Å²) in [6.07, 6.45) is 1.14. The second-order valence-corrected chi connectivity index (χ2v) is 6.17. The summed E-state index contributed by atoms with van der Waals surface area (Å²) >= 11 is 0. The summed E-state index contributed by atoms with van der Waals surface area (Å²) in [4.78, 5) is 2.32. The third-order valence-electron chi connectivity index (χ3n) is 2.83. The molecule has 0 unspecified atom stereocenters. The fraction of sp³-hybridized carbons (Fsp3) is 0.500. The summed E-state index contributed by atoms with van der Waals surface area (Å²) in [7, 11) is -3.63. The first kappa shape index (κ1) is 14.5. The summed E-state index contributed by atoms with van der Waals surface area (Å²) in [5, 5.41) is 0. The van der Waals surface area contributed by atoms with Crippen LogP contribution in [-0.4, -0.2) is 14.2 Å². The summed E-state index contributed by atoms with van der Waals surface area (Å²) in [6.45, 7) is 6.09. The number of hydrogen-bond donors (Lipinski definition) is 0. The topological polar surface area (TPSA) is 82.9 Å². The van der Waals surface area contributed by atoms with Gasteiger partial charge in [-0.25, -0.2) is 8.42 Å². The predicted octanol–water partition coefficient (Wildman–Crippen LogP) is 3.18. The fourth-order valence-corrected chi connectivity index (χ4v) is 2.83. The minimum absolute atomic E-state index is 0.107. The van der Waals surface area contributed by atoms with Crippen molar-refractivity contribution in [1.29, 1.82) is 0 Å². The number of rotatable bonds is 5. The van der Waals surface area contributed by atoms with Gasteiger partial charge in [-0.15, -0.1) is 0 Å². The number of nitrogens with zero attached hydrogens (tertiary/aromatic N) is 3. The van der Waals surface area contributed by atoms with Gasteiger partial charge in [-0.1, -0.05) is 17.7 Å². The molecule has 0 bridgehead atoms. The molecule has 5 nitrogen and oxygen atoms in total. The Bertz CT molecular complexity index is 564. The minimum Gasteiger partial charge on any atom is -0.221 e. The molecule has 98 valence electrons. The van der Waals surface area contributed by atoms with Crippen LogP contribution in [-0.2, 0) is 16.4 Å². The Morgan fingerprint density at radius 1 is 1.22 bits per heavy atom. The molecular weight excluding hydrogens is 250 g/mol. The Morgan fingerprint density at radius 2 is 1.78 bits per heavy atom. The second-order valence-electron chi connectivity index (χ2n) is 4.44. The molecule has 0 aliphatic rings. The highest BCUT2D eigenvalue weighted by molar-refractivity contribution is 7.89. The lowest BCUT2D eigenvalue weighted by molar-refractivity contribution is 0.594. The maximum Gasteiger partial charge on any atom is 0.235 e. The number of benzene rings is 1. The van der Waals surface area contributed by atoms with Crippen LogP contribution in [0.25, 0.3) is 10.4 Å². The van der Waals surface area contributed by atoms with Gasteiger partial charge in [0.15, 0.2) is 0 Å². The Hall–Kier alpha value is -1.52. The van der Waals surface area contributed by atoms with Gasteiger partial charge in [0.05, 0.1) is 5.75 Å². The van der Waals surface area contributed by atoms with Crippen LogP contribution in [0.4, 0.5) is 0 Å². The first-order valence-corrected chi connectivity index (χ1v) is 7.32. The zero-order valence-corrected chi connectivity index (χ0v) is 11.7. The molecule has 18 heavy (non-hydrogen) atoms. The molecule has 0 aliphatic carbocycles. The SMILES string of the molecule is Cc1cc(C)c(CCCS(=O)(=O)N=[N+]=[N-])c(C)c1. The van der Waals surface area contributed by atoms with E-state index in [1.807, 2.05) is 20.8 Å². The standard InChI is InChI=1S/C12H17N3O2S/c1-9-7-10(2)12(11(3)8-9)5-4-6-18(16,17)15-14-13/h7-8H,4-6H2,1-3H3. The van der Waals surface area contributed by atoms with Crippen LogP contribution in [0.1, 0.15) is 28.7 Å². The van der Waals surface area contributed by atoms with Crippen molar-refractivity contribution < 1.29 is 8.42 Å². The van der Waals surface area contributed by atoms with E-state index >= 15 is 0 Å². The highest BCUT2D eigenvalue weighted by Gasteiger charge is 2.09. The lowest BCUT2D eigenvalue weighted by Crippen LogP contribution is -2.04. The van der Waals surface area contributed by atoms with Gasteiger partial charge in [-0.3, -0.25) is 0 Å². The van der Waals surface area contributed by atoms with Gasteiger partial charge in [-0.05, 0) is 55.8 Å². The minimum atomic E-state index is -3.63. The molecule has 0 atom stereocenters. The third kappa shape index (κ3) is 4.05. The van der Waals surface area contributed by atoms with Crippen molar-refractivity contribution in [3.63, 3.8) is 0 Å². The van der Waals surface area contributed by atoms with E-state index in [9.17, 15) is 8.42 Å². The number of sulfonamides is 1. The molecule has 6 heteroatoms. The zero-order chi connectivity index (χ0) is 13.8. The van der Waals surface area contributed by atoms with Crippen molar-refractivity contribution in [3.8, 4) is 0 Å². The first-order chi connectivity index (χ1) is 8.35. The van der Waals surface area contributed by atoms with Crippen LogP contribution in [0, 0.1) is 20.8 Å². The highest BCUT2D eigenvalue weighted by atomic mass is 32.2. The van der Waals surface area contributed by atoms with Crippen LogP contribution < -0.4 is 0 Å². The van der Waals surface area contributed by atoms with E-state index in [1.165, 1.54) is 22.3 Å². The smallest absolute Gasteiger partial charge is 0.221 e. The van der Waals surface area contributed by atoms with Gasteiger partial charge in [0, 0.05) is 9.43 Å². The van der Waals surface area contributed by atoms with Gasteiger partial charge >= 0.3 is 0 Å². The van der Waals surface area contributed by atoms with E-state index in [0.29, 0.717) is 12.8 Å². The zero-order valence-electron chi connectivity index (χ0n) is 10.8.